The fourth-order valence-electron chi connectivity index (χ4n) is 2.07. The van der Waals surface area contributed by atoms with Gasteiger partial charge in [0.15, 0.2) is 0 Å². The van der Waals surface area contributed by atoms with Crippen molar-refractivity contribution in [3.63, 3.8) is 0 Å². The van der Waals surface area contributed by atoms with Gasteiger partial charge in [-0.3, -0.25) is 0 Å². The normalized spacial score (nSPS) is 11.0. The first-order chi connectivity index (χ1) is 11.2. The van der Waals surface area contributed by atoms with Gasteiger partial charge in [-0.15, -0.1) is 0 Å². The van der Waals surface area contributed by atoms with Crippen LogP contribution in [-0.4, -0.2) is 15.0 Å². The van der Waals surface area contributed by atoms with Crippen LogP contribution >= 0.6 is 0 Å². The van der Waals surface area contributed by atoms with E-state index in [1.54, 1.807) is 0 Å². The number of benzene rings is 2. The van der Waals surface area contributed by atoms with Crippen molar-refractivity contribution in [1.82, 2.24) is 0 Å². The summed E-state index contributed by atoms with van der Waals surface area (Å²) in [6, 6.07) is 17.2. The molecule has 0 aliphatic rings. The van der Waals surface area contributed by atoms with E-state index >= 15 is 0 Å². The van der Waals surface area contributed by atoms with E-state index < -0.39 is 0 Å². The minimum atomic E-state index is 0.493. The fraction of sp³-hybridized carbons (Fsp3) is 0.273. The molecule has 0 aromatic heterocycles. The second kappa shape index (κ2) is 9.41. The third-order valence-corrected chi connectivity index (χ3v) is 5.99. The van der Waals surface area contributed by atoms with Crippen molar-refractivity contribution in [2.24, 2.45) is 0 Å². The molecule has 0 saturated carbocycles. The van der Waals surface area contributed by atoms with E-state index in [9.17, 15) is 0 Å². The van der Waals surface area contributed by atoms with Crippen molar-refractivity contribution in [2.45, 2.75) is 38.9 Å². The molecule has 0 spiro atoms. The summed E-state index contributed by atoms with van der Waals surface area (Å²) in [7, 11) is 0. The first-order valence-electron chi connectivity index (χ1n) is 8.17. The summed E-state index contributed by atoms with van der Waals surface area (Å²) in [5, 5.41) is 1.29. The SMILES string of the molecule is CCCC[Se]/C(=C\C#Cc1ccc(C)cc1)c1ccc(C)cc1. The third kappa shape index (κ3) is 6.11. The Morgan fingerprint density at radius 3 is 2.17 bits per heavy atom. The van der Waals surface area contributed by atoms with Crippen LogP contribution in [0.5, 0.6) is 0 Å². The standard InChI is InChI=1S/C22H24Se/c1-4-5-17-23-22(21-15-11-19(3)12-16-21)8-6-7-20-13-9-18(2)10-14-20/h8-16H,4-5,17H2,1-3H3/b22-8-. The van der Waals surface area contributed by atoms with Crippen molar-refractivity contribution in [3.05, 3.63) is 76.9 Å². The molecule has 0 atom stereocenters. The van der Waals surface area contributed by atoms with Gasteiger partial charge in [0.1, 0.15) is 0 Å². The van der Waals surface area contributed by atoms with E-state index in [4.69, 9.17) is 0 Å². The fourth-order valence-corrected chi connectivity index (χ4v) is 4.38. The number of hydrogen-bond acceptors (Lipinski definition) is 0. The summed E-state index contributed by atoms with van der Waals surface area (Å²) in [6.45, 7) is 6.48. The Morgan fingerprint density at radius 1 is 0.957 bits per heavy atom. The van der Waals surface area contributed by atoms with E-state index in [-0.39, 0.29) is 0 Å². The molecule has 0 amide bonds. The summed E-state index contributed by atoms with van der Waals surface area (Å²) >= 11 is 0.493. The van der Waals surface area contributed by atoms with Crippen LogP contribution in [0.15, 0.2) is 54.6 Å². The molecule has 0 N–H and O–H groups in total. The number of unbranched alkanes of at least 4 members (excludes halogenated alkanes) is 1. The Labute approximate surface area is 147 Å². The molecule has 0 unspecified atom stereocenters. The maximum atomic E-state index is 3.26. The van der Waals surface area contributed by atoms with Crippen molar-refractivity contribution in [2.75, 3.05) is 0 Å². The number of rotatable bonds is 5. The molecule has 118 valence electrons. The van der Waals surface area contributed by atoms with Gasteiger partial charge >= 0.3 is 147 Å². The summed E-state index contributed by atoms with van der Waals surface area (Å²) in [5.41, 5.74) is 4.98. The Kier molecular flexibility index (Phi) is 7.21. The van der Waals surface area contributed by atoms with Crippen molar-refractivity contribution in [3.8, 4) is 11.8 Å². The molecule has 0 bridgehead atoms. The van der Waals surface area contributed by atoms with Gasteiger partial charge in [-0.05, 0) is 0 Å². The monoisotopic (exact) mass is 368 g/mol. The van der Waals surface area contributed by atoms with Crippen LogP contribution in [0.4, 0.5) is 0 Å². The summed E-state index contributed by atoms with van der Waals surface area (Å²) in [4.78, 5) is 0. The van der Waals surface area contributed by atoms with Crippen molar-refractivity contribution >= 4 is 19.4 Å². The quantitative estimate of drug-likeness (QED) is 0.366. The molecule has 0 fully saturated rings. The molecule has 0 heterocycles. The van der Waals surface area contributed by atoms with Gasteiger partial charge in [-0.1, -0.05) is 0 Å². The molecule has 0 aliphatic carbocycles. The summed E-state index contributed by atoms with van der Waals surface area (Å²) in [5.74, 6) is 6.52. The molecule has 0 saturated heterocycles. The Balaban J connectivity index is 2.18. The number of hydrogen-bond donors (Lipinski definition) is 0. The molecule has 0 radical (unpaired) electrons. The van der Waals surface area contributed by atoms with Crippen LogP contribution in [0.25, 0.3) is 4.47 Å². The molecule has 0 nitrogen and oxygen atoms in total. The zero-order valence-electron chi connectivity index (χ0n) is 14.2. The molecular weight excluding hydrogens is 343 g/mol. The van der Waals surface area contributed by atoms with Crippen LogP contribution in [0, 0.1) is 25.7 Å². The zero-order chi connectivity index (χ0) is 16.5. The number of allylic oxidation sites excluding steroid dienone is 1. The second-order valence-corrected chi connectivity index (χ2v) is 8.10. The molecule has 23 heavy (non-hydrogen) atoms. The molecular formula is C22H24Se. The summed E-state index contributed by atoms with van der Waals surface area (Å²) < 4.78 is 1.41. The molecule has 0 aliphatic heterocycles. The Morgan fingerprint density at radius 2 is 1.57 bits per heavy atom. The van der Waals surface area contributed by atoms with E-state index in [0.29, 0.717) is 15.0 Å². The molecule has 2 rings (SSSR count). The first-order valence-corrected chi connectivity index (χ1v) is 10.2. The topological polar surface area (TPSA) is 0 Å². The van der Waals surface area contributed by atoms with Crippen LogP contribution in [0.1, 0.15) is 42.0 Å². The summed E-state index contributed by atoms with van der Waals surface area (Å²) in [6.07, 6.45) is 4.69. The van der Waals surface area contributed by atoms with E-state index in [1.807, 2.05) is 0 Å². The van der Waals surface area contributed by atoms with Crippen LogP contribution < -0.4 is 0 Å². The third-order valence-electron chi connectivity index (χ3n) is 3.56. The molecule has 2 aromatic rings. The maximum absolute atomic E-state index is 3.26. The predicted octanol–water partition coefficient (Wildman–Crippen LogP) is 5.62. The predicted molar refractivity (Wildman–Crippen MR) is 103 cm³/mol. The van der Waals surface area contributed by atoms with Crippen LogP contribution in [-0.2, 0) is 0 Å². The van der Waals surface area contributed by atoms with Gasteiger partial charge in [0.2, 0.25) is 0 Å². The van der Waals surface area contributed by atoms with Gasteiger partial charge < -0.3 is 0 Å². The number of aryl methyl sites for hydroxylation is 2. The van der Waals surface area contributed by atoms with Crippen molar-refractivity contribution < 1.29 is 0 Å². The average Bonchev–Trinajstić information content (AvgIpc) is 2.56. The first kappa shape index (κ1) is 17.6. The van der Waals surface area contributed by atoms with Gasteiger partial charge in [0, 0.05) is 0 Å². The van der Waals surface area contributed by atoms with E-state index in [0.717, 1.165) is 5.56 Å². The van der Waals surface area contributed by atoms with Gasteiger partial charge in [-0.2, -0.15) is 0 Å². The molecule has 2 aromatic carbocycles. The van der Waals surface area contributed by atoms with Gasteiger partial charge in [-0.25, -0.2) is 0 Å². The van der Waals surface area contributed by atoms with Crippen LogP contribution in [0.2, 0.25) is 5.32 Å². The van der Waals surface area contributed by atoms with Gasteiger partial charge in [0.05, 0.1) is 0 Å². The van der Waals surface area contributed by atoms with E-state index in [2.05, 4.69) is 87.2 Å². The Hall–Kier alpha value is -1.74. The molecule has 1 heteroatoms. The minimum absolute atomic E-state index is 0.493. The Bertz CT molecular complexity index is 694. The van der Waals surface area contributed by atoms with Crippen LogP contribution in [0.3, 0.4) is 0 Å². The zero-order valence-corrected chi connectivity index (χ0v) is 15.9. The van der Waals surface area contributed by atoms with Crippen molar-refractivity contribution in [1.29, 1.82) is 0 Å². The van der Waals surface area contributed by atoms with E-state index in [1.165, 1.54) is 39.3 Å². The van der Waals surface area contributed by atoms with Gasteiger partial charge in [0.25, 0.3) is 0 Å². The average molecular weight is 367 g/mol. The second-order valence-electron chi connectivity index (χ2n) is 5.71.